The number of aryl methyl sites for hydroxylation is 2. The van der Waals surface area contributed by atoms with Crippen molar-refractivity contribution in [2.75, 3.05) is 0 Å². The molecule has 0 bridgehead atoms. The predicted octanol–water partition coefficient (Wildman–Crippen LogP) is 12.4. The third-order valence-electron chi connectivity index (χ3n) is 11.2. The Morgan fingerprint density at radius 2 is 1.59 bits per heavy atom. The lowest BCUT2D eigenvalue weighted by Gasteiger charge is -2.33. The molecule has 264 valence electrons. The van der Waals surface area contributed by atoms with E-state index in [1.807, 2.05) is 6.20 Å². The molecule has 1 aliphatic rings. The molecule has 1 aliphatic carbocycles. The van der Waals surface area contributed by atoms with Crippen LogP contribution in [0.4, 0.5) is 0 Å². The normalized spacial score (nSPS) is 16.6. The Bertz CT molecular complexity index is 2230. The first kappa shape index (κ1) is 34.8. The fourth-order valence-electron chi connectivity index (χ4n) is 8.39. The van der Waals surface area contributed by atoms with Crippen molar-refractivity contribution >= 4 is 21.8 Å². The lowest BCUT2D eigenvalue weighted by Crippen LogP contribution is -2.20. The Balaban J connectivity index is 1.36. The topological polar surface area (TPSA) is 44.9 Å². The summed E-state index contributed by atoms with van der Waals surface area (Å²) in [4.78, 5) is 4.82. The van der Waals surface area contributed by atoms with E-state index in [4.69, 9.17) is 14.8 Å². The van der Waals surface area contributed by atoms with Crippen LogP contribution in [0.1, 0.15) is 115 Å². The van der Waals surface area contributed by atoms with Gasteiger partial charge in [0.1, 0.15) is 17.3 Å². The first-order valence-electron chi connectivity index (χ1n) is 19.3. The van der Waals surface area contributed by atoms with Gasteiger partial charge >= 0.3 is 0 Å². The average Bonchev–Trinajstić information content (AvgIpc) is 3.69. The first-order chi connectivity index (χ1) is 24.7. The van der Waals surface area contributed by atoms with E-state index in [0.29, 0.717) is 11.8 Å². The third kappa shape index (κ3) is 6.41. The number of nitrogens with zero attached hydrogens (tertiary/aromatic N) is 4. The van der Waals surface area contributed by atoms with E-state index in [2.05, 4.69) is 144 Å². The molecule has 0 saturated carbocycles. The van der Waals surface area contributed by atoms with E-state index in [-0.39, 0.29) is 5.41 Å². The Labute approximate surface area is 304 Å². The van der Waals surface area contributed by atoms with Gasteiger partial charge in [-0.05, 0) is 103 Å². The van der Waals surface area contributed by atoms with Gasteiger partial charge in [0.15, 0.2) is 0 Å². The molecule has 5 nitrogen and oxygen atoms in total. The highest BCUT2D eigenvalue weighted by Gasteiger charge is 2.33. The maximum absolute atomic E-state index is 6.85. The molecule has 0 saturated heterocycles. The summed E-state index contributed by atoms with van der Waals surface area (Å²) < 4.78 is 11.4. The molecule has 51 heavy (non-hydrogen) atoms. The summed E-state index contributed by atoms with van der Waals surface area (Å²) in [6, 6.07) is 26.1. The number of aromatic nitrogens is 4. The molecule has 6 aromatic rings. The fourth-order valence-corrected chi connectivity index (χ4v) is 8.39. The van der Waals surface area contributed by atoms with Crippen molar-refractivity contribution in [2.45, 2.75) is 112 Å². The number of pyridine rings is 1. The highest BCUT2D eigenvalue weighted by atomic mass is 16.5. The molecule has 0 N–H and O–H groups in total. The molecule has 2 atom stereocenters. The second kappa shape index (κ2) is 14.2. The van der Waals surface area contributed by atoms with Crippen LogP contribution in [0.2, 0.25) is 0 Å². The van der Waals surface area contributed by atoms with E-state index >= 15 is 0 Å². The SMILES string of the molecule is CCC1=CCC[C@H](CC)C1c1c(CC)nn(-c2cc(Oc3ccc4c5ccccc5n(-c5cc(CC)ccn5)c4c3)cc(C(C)(C)C)c2)c1CC. The van der Waals surface area contributed by atoms with E-state index in [9.17, 15) is 0 Å². The van der Waals surface area contributed by atoms with Crippen LogP contribution in [-0.2, 0) is 24.7 Å². The lowest BCUT2D eigenvalue weighted by atomic mass is 9.71. The van der Waals surface area contributed by atoms with Gasteiger partial charge in [-0.3, -0.25) is 4.57 Å². The number of fused-ring (bicyclic) bond motifs is 3. The summed E-state index contributed by atoms with van der Waals surface area (Å²) in [5.74, 6) is 3.64. The zero-order chi connectivity index (χ0) is 35.9. The van der Waals surface area contributed by atoms with Crippen LogP contribution < -0.4 is 4.74 Å². The summed E-state index contributed by atoms with van der Waals surface area (Å²) in [7, 11) is 0. The Morgan fingerprint density at radius 3 is 2.31 bits per heavy atom. The highest BCUT2D eigenvalue weighted by Crippen LogP contribution is 2.45. The summed E-state index contributed by atoms with van der Waals surface area (Å²) in [6.07, 6.45) is 12.0. The van der Waals surface area contributed by atoms with Crippen molar-refractivity contribution in [2.24, 2.45) is 5.92 Å². The Hall–Kier alpha value is -4.64. The van der Waals surface area contributed by atoms with Gasteiger partial charge in [0, 0.05) is 46.3 Å². The van der Waals surface area contributed by atoms with Crippen LogP contribution in [0.5, 0.6) is 11.5 Å². The largest absolute Gasteiger partial charge is 0.457 e. The van der Waals surface area contributed by atoms with E-state index < -0.39 is 0 Å². The van der Waals surface area contributed by atoms with Crippen molar-refractivity contribution in [3.63, 3.8) is 0 Å². The van der Waals surface area contributed by atoms with Crippen molar-refractivity contribution in [3.8, 4) is 23.0 Å². The minimum Gasteiger partial charge on any atom is -0.457 e. The molecule has 0 amide bonds. The van der Waals surface area contributed by atoms with E-state index in [1.54, 1.807) is 5.57 Å². The Morgan fingerprint density at radius 1 is 0.784 bits per heavy atom. The van der Waals surface area contributed by atoms with Crippen LogP contribution in [0.15, 0.2) is 90.6 Å². The number of ether oxygens (including phenoxy) is 1. The van der Waals surface area contributed by atoms with Crippen molar-refractivity contribution in [1.29, 1.82) is 0 Å². The zero-order valence-electron chi connectivity index (χ0n) is 31.9. The maximum Gasteiger partial charge on any atom is 0.137 e. The summed E-state index contributed by atoms with van der Waals surface area (Å²) in [5.41, 5.74) is 11.3. The van der Waals surface area contributed by atoms with Gasteiger partial charge in [0.05, 0.1) is 22.4 Å². The maximum atomic E-state index is 6.85. The van der Waals surface area contributed by atoms with Crippen LogP contribution >= 0.6 is 0 Å². The molecule has 3 aromatic heterocycles. The lowest BCUT2D eigenvalue weighted by molar-refractivity contribution is 0.392. The average molecular weight is 679 g/mol. The standard InChI is InChI=1S/C46H54N4O/c1-9-30-23-24-47-43(25-30)49-41-20-15-14-19-37(41)38-22-21-35(29-42(38)49)51-36-27-33(46(6,7)8)26-34(28-36)50-40(13-5)45(39(12-4)48-50)44-31(10-2)17-16-18-32(44)11-3/h14-15,17,19-29,32,44H,9-13,16,18H2,1-8H3/t32-,44?/m0/s1. The van der Waals surface area contributed by atoms with Crippen LogP contribution in [0, 0.1) is 5.92 Å². The summed E-state index contributed by atoms with van der Waals surface area (Å²) in [5, 5.41) is 7.79. The second-order valence-electron chi connectivity index (χ2n) is 15.3. The number of hydrogen-bond donors (Lipinski definition) is 0. The van der Waals surface area contributed by atoms with Crippen molar-refractivity contribution < 1.29 is 4.74 Å². The molecule has 7 rings (SSSR count). The molecule has 0 spiro atoms. The number of rotatable bonds is 10. The smallest absolute Gasteiger partial charge is 0.137 e. The molecule has 5 heteroatoms. The second-order valence-corrected chi connectivity index (χ2v) is 15.3. The quantitative estimate of drug-likeness (QED) is 0.135. The molecule has 0 radical (unpaired) electrons. The van der Waals surface area contributed by atoms with Gasteiger partial charge in [-0.15, -0.1) is 0 Å². The van der Waals surface area contributed by atoms with Gasteiger partial charge in [-0.25, -0.2) is 9.67 Å². The van der Waals surface area contributed by atoms with Crippen LogP contribution in [-0.4, -0.2) is 19.3 Å². The first-order valence-corrected chi connectivity index (χ1v) is 19.3. The minimum atomic E-state index is -0.0782. The van der Waals surface area contributed by atoms with Crippen LogP contribution in [0.25, 0.3) is 33.3 Å². The van der Waals surface area contributed by atoms with Gasteiger partial charge in [-0.2, -0.15) is 5.10 Å². The molecule has 3 aromatic carbocycles. The zero-order valence-corrected chi connectivity index (χ0v) is 31.9. The number of allylic oxidation sites excluding steroid dienone is 2. The molecule has 0 fully saturated rings. The van der Waals surface area contributed by atoms with Gasteiger partial charge in [-0.1, -0.05) is 91.7 Å². The molecule has 0 aliphatic heterocycles. The van der Waals surface area contributed by atoms with Gasteiger partial charge in [0.25, 0.3) is 0 Å². The van der Waals surface area contributed by atoms with Gasteiger partial charge < -0.3 is 4.74 Å². The highest BCUT2D eigenvalue weighted by molar-refractivity contribution is 6.09. The molecule has 3 heterocycles. The number of benzene rings is 3. The molecule has 1 unspecified atom stereocenters. The minimum absolute atomic E-state index is 0.0782. The third-order valence-corrected chi connectivity index (χ3v) is 11.2. The van der Waals surface area contributed by atoms with E-state index in [1.165, 1.54) is 58.1 Å². The number of hydrogen-bond acceptors (Lipinski definition) is 3. The van der Waals surface area contributed by atoms with Crippen molar-refractivity contribution in [3.05, 3.63) is 119 Å². The fraction of sp³-hybridized carbons (Fsp3) is 0.391. The van der Waals surface area contributed by atoms with Gasteiger partial charge in [0.2, 0.25) is 0 Å². The van der Waals surface area contributed by atoms with Crippen molar-refractivity contribution in [1.82, 2.24) is 19.3 Å². The monoisotopic (exact) mass is 678 g/mol. The number of para-hydroxylation sites is 1. The Kier molecular flexibility index (Phi) is 9.67. The molecular weight excluding hydrogens is 625 g/mol. The molecular formula is C46H54N4O. The summed E-state index contributed by atoms with van der Waals surface area (Å²) >= 11 is 0. The predicted molar refractivity (Wildman–Crippen MR) is 213 cm³/mol. The van der Waals surface area contributed by atoms with E-state index in [0.717, 1.165) is 59.7 Å². The summed E-state index contributed by atoms with van der Waals surface area (Å²) in [6.45, 7) is 18.3. The van der Waals surface area contributed by atoms with Crippen LogP contribution in [0.3, 0.4) is 0 Å².